The number of hydrogen-bond donors (Lipinski definition) is 1. The Labute approximate surface area is 41.0 Å². The molecular weight excluding hydrogens is 94.0 g/mol. The van der Waals surface area contributed by atoms with E-state index in [1.807, 2.05) is 0 Å². The van der Waals surface area contributed by atoms with Crippen LogP contribution in [0.5, 0.6) is 0 Å². The first-order valence-corrected chi connectivity index (χ1v) is 1.95. The molecule has 0 aromatic carbocycles. The third kappa shape index (κ3) is 0.707. The molecule has 0 saturated heterocycles. The zero-order chi connectivity index (χ0) is 5.11. The highest BCUT2D eigenvalue weighted by molar-refractivity contribution is 5.56. The molecule has 1 rings (SSSR count). The van der Waals surface area contributed by atoms with Gasteiger partial charge in [0.05, 0.1) is 0 Å². The number of nitrogens with one attached hydrogen (secondary N) is 1. The van der Waals surface area contributed by atoms with Gasteiger partial charge in [-0.25, -0.2) is 0 Å². The Morgan fingerprint density at radius 3 is 3.00 bits per heavy atom. The normalized spacial score (nSPS) is 26.0. The lowest BCUT2D eigenvalue weighted by Crippen LogP contribution is -2.21. The van der Waals surface area contributed by atoms with Crippen molar-refractivity contribution in [3.05, 3.63) is 12.5 Å². The number of rotatable bonds is 1. The first-order chi connectivity index (χ1) is 3.43. The zero-order valence-electron chi connectivity index (χ0n) is 3.63. The van der Waals surface area contributed by atoms with Gasteiger partial charge in [-0.05, 0) is 0 Å². The van der Waals surface area contributed by atoms with Gasteiger partial charge in [0.25, 0.3) is 0 Å². The van der Waals surface area contributed by atoms with Crippen LogP contribution in [0, 0.1) is 0 Å². The van der Waals surface area contributed by atoms with E-state index < -0.39 is 6.23 Å². The van der Waals surface area contributed by atoms with E-state index in [4.69, 9.17) is 0 Å². The molecule has 1 aliphatic heterocycles. The smallest absolute Gasteiger partial charge is 0.225 e. The third-order valence-corrected chi connectivity index (χ3v) is 0.677. The van der Waals surface area contributed by atoms with E-state index in [9.17, 15) is 4.79 Å². The second-order valence-electron chi connectivity index (χ2n) is 1.16. The maximum absolute atomic E-state index is 9.78. The Morgan fingerprint density at radius 1 is 1.86 bits per heavy atom. The van der Waals surface area contributed by atoms with Crippen molar-refractivity contribution in [2.24, 2.45) is 0 Å². The van der Waals surface area contributed by atoms with Crippen LogP contribution in [0.15, 0.2) is 12.5 Å². The molecule has 0 radical (unpaired) electrons. The molecule has 1 heterocycles. The minimum atomic E-state index is -0.444. The van der Waals surface area contributed by atoms with E-state index in [1.54, 1.807) is 6.20 Å². The fourth-order valence-electron chi connectivity index (χ4n) is 0.369. The maximum Gasteiger partial charge on any atom is 0.225 e. The number of carbonyl (C=O) groups is 1. The standard InChI is InChI=1S/C4H5NO2/c6-3-4-5-1-2-7-4/h1-5H. The van der Waals surface area contributed by atoms with Gasteiger partial charge in [0.1, 0.15) is 6.26 Å². The van der Waals surface area contributed by atoms with Gasteiger partial charge >= 0.3 is 0 Å². The van der Waals surface area contributed by atoms with E-state index in [1.165, 1.54) is 6.26 Å². The quantitative estimate of drug-likeness (QED) is 0.455. The van der Waals surface area contributed by atoms with E-state index in [-0.39, 0.29) is 0 Å². The summed E-state index contributed by atoms with van der Waals surface area (Å²) in [6.45, 7) is 0. The van der Waals surface area contributed by atoms with Crippen LogP contribution in [0.25, 0.3) is 0 Å². The fraction of sp³-hybridized carbons (Fsp3) is 0.250. The molecule has 3 nitrogen and oxygen atoms in total. The monoisotopic (exact) mass is 99.0 g/mol. The van der Waals surface area contributed by atoms with Crippen LogP contribution in [0.1, 0.15) is 0 Å². The molecule has 3 heteroatoms. The molecule has 7 heavy (non-hydrogen) atoms. The molecule has 1 unspecified atom stereocenters. The van der Waals surface area contributed by atoms with Crippen molar-refractivity contribution in [2.45, 2.75) is 6.23 Å². The van der Waals surface area contributed by atoms with Crippen LogP contribution < -0.4 is 5.32 Å². The van der Waals surface area contributed by atoms with Gasteiger partial charge in [-0.3, -0.25) is 4.79 Å². The number of carbonyl (C=O) groups excluding carboxylic acids is 1. The largest absolute Gasteiger partial charge is 0.470 e. The van der Waals surface area contributed by atoms with Crippen molar-refractivity contribution >= 4 is 6.29 Å². The Balaban J connectivity index is 2.35. The van der Waals surface area contributed by atoms with Gasteiger partial charge in [-0.15, -0.1) is 0 Å². The highest BCUT2D eigenvalue weighted by atomic mass is 16.5. The Bertz CT molecular complexity index is 91.9. The van der Waals surface area contributed by atoms with Crippen LogP contribution in [0.2, 0.25) is 0 Å². The van der Waals surface area contributed by atoms with Crippen molar-refractivity contribution in [2.75, 3.05) is 0 Å². The molecule has 1 aliphatic rings. The van der Waals surface area contributed by atoms with E-state index >= 15 is 0 Å². The molecule has 0 saturated carbocycles. The molecule has 0 amide bonds. The van der Waals surface area contributed by atoms with Crippen LogP contribution in [0.4, 0.5) is 0 Å². The molecule has 0 bridgehead atoms. The van der Waals surface area contributed by atoms with Crippen LogP contribution in [-0.4, -0.2) is 12.5 Å². The lowest BCUT2D eigenvalue weighted by atomic mass is 10.7. The minimum Gasteiger partial charge on any atom is -0.470 e. The SMILES string of the molecule is O=CC1NC=CO1. The van der Waals surface area contributed by atoms with E-state index in [0.717, 1.165) is 0 Å². The molecule has 1 atom stereocenters. The van der Waals surface area contributed by atoms with Gasteiger partial charge in [-0.2, -0.15) is 0 Å². The van der Waals surface area contributed by atoms with Gasteiger partial charge in [0, 0.05) is 6.20 Å². The van der Waals surface area contributed by atoms with Crippen molar-refractivity contribution in [1.82, 2.24) is 5.32 Å². The number of ether oxygens (including phenoxy) is 1. The Morgan fingerprint density at radius 2 is 2.71 bits per heavy atom. The summed E-state index contributed by atoms with van der Waals surface area (Å²) in [6.07, 6.45) is 3.28. The van der Waals surface area contributed by atoms with Crippen molar-refractivity contribution in [1.29, 1.82) is 0 Å². The molecular formula is C4H5NO2. The maximum atomic E-state index is 9.78. The average Bonchev–Trinajstić information content (AvgIpc) is 2.14. The molecule has 38 valence electrons. The molecule has 0 aromatic rings. The van der Waals surface area contributed by atoms with Crippen molar-refractivity contribution in [3.8, 4) is 0 Å². The Hall–Kier alpha value is -0.990. The third-order valence-electron chi connectivity index (χ3n) is 0.677. The summed E-state index contributed by atoms with van der Waals surface area (Å²) in [5.74, 6) is 0. The van der Waals surface area contributed by atoms with Crippen LogP contribution in [0.3, 0.4) is 0 Å². The van der Waals surface area contributed by atoms with E-state index in [0.29, 0.717) is 6.29 Å². The molecule has 1 N–H and O–H groups in total. The number of hydrogen-bond acceptors (Lipinski definition) is 3. The summed E-state index contributed by atoms with van der Waals surface area (Å²) in [4.78, 5) is 9.78. The zero-order valence-corrected chi connectivity index (χ0v) is 3.63. The summed E-state index contributed by atoms with van der Waals surface area (Å²) in [6, 6.07) is 0. The van der Waals surface area contributed by atoms with Gasteiger partial charge < -0.3 is 10.1 Å². The van der Waals surface area contributed by atoms with Gasteiger partial charge in [0.15, 0.2) is 6.29 Å². The second-order valence-corrected chi connectivity index (χ2v) is 1.16. The predicted octanol–water partition coefficient (Wildman–Crippen LogP) is -0.398. The average molecular weight is 99.1 g/mol. The van der Waals surface area contributed by atoms with Crippen LogP contribution >= 0.6 is 0 Å². The molecule has 0 aliphatic carbocycles. The molecule has 0 fully saturated rings. The Kier molecular flexibility index (Phi) is 0.978. The minimum absolute atomic E-state index is 0.444. The molecule has 0 spiro atoms. The summed E-state index contributed by atoms with van der Waals surface area (Å²) in [5, 5.41) is 2.64. The molecule has 0 aromatic heterocycles. The van der Waals surface area contributed by atoms with Gasteiger partial charge in [0.2, 0.25) is 6.23 Å². The summed E-state index contributed by atoms with van der Waals surface area (Å²) < 4.78 is 4.64. The predicted molar refractivity (Wildman–Crippen MR) is 23.2 cm³/mol. The number of aldehydes is 1. The highest BCUT2D eigenvalue weighted by Crippen LogP contribution is 1.90. The van der Waals surface area contributed by atoms with Crippen molar-refractivity contribution in [3.63, 3.8) is 0 Å². The summed E-state index contributed by atoms with van der Waals surface area (Å²) >= 11 is 0. The fourth-order valence-corrected chi connectivity index (χ4v) is 0.369. The topological polar surface area (TPSA) is 38.3 Å². The highest BCUT2D eigenvalue weighted by Gasteiger charge is 2.04. The lowest BCUT2D eigenvalue weighted by molar-refractivity contribution is -0.115. The van der Waals surface area contributed by atoms with Crippen molar-refractivity contribution < 1.29 is 9.53 Å². The van der Waals surface area contributed by atoms with Crippen LogP contribution in [-0.2, 0) is 9.53 Å². The first-order valence-electron chi connectivity index (χ1n) is 1.95. The van der Waals surface area contributed by atoms with E-state index in [2.05, 4.69) is 10.1 Å². The first kappa shape index (κ1) is 4.18. The lowest BCUT2D eigenvalue weighted by Gasteiger charge is -1.98. The van der Waals surface area contributed by atoms with Gasteiger partial charge in [-0.1, -0.05) is 0 Å². The summed E-state index contributed by atoms with van der Waals surface area (Å²) in [7, 11) is 0. The second kappa shape index (κ2) is 1.64. The summed E-state index contributed by atoms with van der Waals surface area (Å²) in [5.41, 5.74) is 0.